The number of anilines is 1. The summed E-state index contributed by atoms with van der Waals surface area (Å²) in [7, 11) is -6.99. The Morgan fingerprint density at radius 2 is 2.05 bits per heavy atom. The molecule has 1 aliphatic rings. The van der Waals surface area contributed by atoms with Crippen molar-refractivity contribution in [3.63, 3.8) is 0 Å². The predicted molar refractivity (Wildman–Crippen MR) is 80.6 cm³/mol. The van der Waals surface area contributed by atoms with Gasteiger partial charge in [-0.1, -0.05) is 15.9 Å². The van der Waals surface area contributed by atoms with Crippen molar-refractivity contribution < 1.29 is 16.8 Å². The zero-order valence-corrected chi connectivity index (χ0v) is 13.8. The van der Waals surface area contributed by atoms with Crippen molar-refractivity contribution in [3.05, 3.63) is 22.7 Å². The van der Waals surface area contributed by atoms with Gasteiger partial charge >= 0.3 is 0 Å². The molecule has 1 aliphatic heterocycles. The van der Waals surface area contributed by atoms with Crippen LogP contribution in [-0.2, 0) is 19.9 Å². The minimum absolute atomic E-state index is 0.0383. The molecule has 1 aromatic rings. The Labute approximate surface area is 126 Å². The molecule has 112 valence electrons. The Hall–Kier alpha value is -0.640. The maximum Gasteiger partial charge on any atom is 0.242 e. The van der Waals surface area contributed by atoms with Gasteiger partial charge in [0.05, 0.1) is 17.2 Å². The van der Waals surface area contributed by atoms with Gasteiger partial charge in [0.25, 0.3) is 0 Å². The van der Waals surface area contributed by atoms with Crippen LogP contribution in [0.25, 0.3) is 0 Å². The van der Waals surface area contributed by atoms with Crippen LogP contribution >= 0.6 is 15.9 Å². The van der Waals surface area contributed by atoms with Crippen LogP contribution in [0.3, 0.4) is 0 Å². The second-order valence-electron chi connectivity index (χ2n) is 4.76. The fourth-order valence-corrected chi connectivity index (χ4v) is 5.67. The highest BCUT2D eigenvalue weighted by atomic mass is 79.9. The van der Waals surface area contributed by atoms with E-state index < -0.39 is 25.9 Å². The molecule has 3 N–H and O–H groups in total. The Kier molecular flexibility index (Phi) is 4.43. The van der Waals surface area contributed by atoms with Gasteiger partial charge in [-0.05, 0) is 31.0 Å². The van der Waals surface area contributed by atoms with Crippen LogP contribution in [0.15, 0.2) is 27.6 Å². The Balaban J connectivity index is 2.23. The molecule has 1 atom stereocenters. The van der Waals surface area contributed by atoms with Crippen molar-refractivity contribution in [2.45, 2.75) is 23.8 Å². The number of hydrogen-bond donors (Lipinski definition) is 2. The van der Waals surface area contributed by atoms with E-state index in [-0.39, 0.29) is 22.1 Å². The number of nitrogens with two attached hydrogens (primary N) is 1. The molecule has 1 fully saturated rings. The van der Waals surface area contributed by atoms with Crippen molar-refractivity contribution in [3.8, 4) is 0 Å². The monoisotopic (exact) mass is 382 g/mol. The van der Waals surface area contributed by atoms with E-state index >= 15 is 0 Å². The van der Waals surface area contributed by atoms with Gasteiger partial charge in [0.15, 0.2) is 9.84 Å². The number of sulfone groups is 1. The molecule has 2 rings (SSSR count). The first-order valence-electron chi connectivity index (χ1n) is 5.97. The summed E-state index contributed by atoms with van der Waals surface area (Å²) < 4.78 is 50.6. The van der Waals surface area contributed by atoms with E-state index in [9.17, 15) is 16.8 Å². The van der Waals surface area contributed by atoms with Crippen molar-refractivity contribution in [1.29, 1.82) is 0 Å². The zero-order valence-electron chi connectivity index (χ0n) is 10.5. The summed E-state index contributed by atoms with van der Waals surface area (Å²) in [4.78, 5) is -0.0383. The normalized spacial score (nSPS) is 22.6. The summed E-state index contributed by atoms with van der Waals surface area (Å²) in [5.74, 6) is -0.0473. The van der Waals surface area contributed by atoms with Crippen LogP contribution in [0.2, 0.25) is 0 Å². The van der Waals surface area contributed by atoms with Crippen molar-refractivity contribution in [2.24, 2.45) is 0 Å². The van der Waals surface area contributed by atoms with Crippen LogP contribution in [-0.4, -0.2) is 34.4 Å². The first-order valence-corrected chi connectivity index (χ1v) is 10.1. The molecule has 0 spiro atoms. The average Bonchev–Trinajstić information content (AvgIpc) is 2.25. The van der Waals surface area contributed by atoms with Gasteiger partial charge in [-0.15, -0.1) is 0 Å². The summed E-state index contributed by atoms with van der Waals surface area (Å²) in [5.41, 5.74) is 5.81. The number of sulfonamides is 1. The van der Waals surface area contributed by atoms with E-state index in [1.54, 1.807) is 6.07 Å². The SMILES string of the molecule is Nc1cc(Br)ccc1S(=O)(=O)NC1CCCS(=O)(=O)C1. The first-order chi connectivity index (χ1) is 9.20. The Bertz CT molecular complexity index is 716. The molecule has 0 amide bonds. The highest BCUT2D eigenvalue weighted by molar-refractivity contribution is 9.10. The molecule has 1 unspecified atom stereocenters. The Morgan fingerprint density at radius 3 is 2.65 bits per heavy atom. The van der Waals surface area contributed by atoms with Gasteiger partial charge in [0.2, 0.25) is 10.0 Å². The fraction of sp³-hybridized carbons (Fsp3) is 0.455. The van der Waals surface area contributed by atoms with E-state index in [4.69, 9.17) is 5.73 Å². The molecule has 0 saturated carbocycles. The van der Waals surface area contributed by atoms with Crippen LogP contribution in [0.4, 0.5) is 5.69 Å². The van der Waals surface area contributed by atoms with Crippen LogP contribution in [0, 0.1) is 0 Å². The van der Waals surface area contributed by atoms with Crippen LogP contribution < -0.4 is 10.5 Å². The minimum atomic E-state index is -3.82. The largest absolute Gasteiger partial charge is 0.398 e. The standard InChI is InChI=1S/C11H15BrN2O4S2/c12-8-3-4-11(10(13)6-8)20(17,18)14-9-2-1-5-19(15,16)7-9/h3-4,6,9,14H,1-2,5,7,13H2. The van der Waals surface area contributed by atoms with Crippen molar-refractivity contribution >= 4 is 41.5 Å². The average molecular weight is 383 g/mol. The van der Waals surface area contributed by atoms with E-state index in [1.165, 1.54) is 12.1 Å². The van der Waals surface area contributed by atoms with Gasteiger partial charge in [-0.2, -0.15) is 0 Å². The maximum absolute atomic E-state index is 12.2. The summed E-state index contributed by atoms with van der Waals surface area (Å²) in [5, 5.41) is 0. The topological polar surface area (TPSA) is 106 Å². The molecule has 0 aromatic heterocycles. The molecule has 6 nitrogen and oxygen atoms in total. The summed E-state index contributed by atoms with van der Waals surface area (Å²) in [6, 6.07) is 3.86. The summed E-state index contributed by atoms with van der Waals surface area (Å²) >= 11 is 3.20. The quantitative estimate of drug-likeness (QED) is 0.754. The molecule has 0 radical (unpaired) electrons. The third-order valence-corrected chi connectivity index (χ3v) is 6.95. The number of hydrogen-bond acceptors (Lipinski definition) is 5. The fourth-order valence-electron chi connectivity index (χ4n) is 2.16. The molecular weight excluding hydrogens is 368 g/mol. The lowest BCUT2D eigenvalue weighted by molar-refractivity contribution is 0.517. The lowest BCUT2D eigenvalue weighted by Crippen LogP contribution is -2.43. The first kappa shape index (κ1) is 15.7. The predicted octanol–water partition coefficient (Wildman–Crippen LogP) is 0.887. The van der Waals surface area contributed by atoms with Crippen LogP contribution in [0.1, 0.15) is 12.8 Å². The number of benzene rings is 1. The summed E-state index contributed by atoms with van der Waals surface area (Å²) in [6.07, 6.45) is 0.972. The van der Waals surface area contributed by atoms with E-state index in [0.29, 0.717) is 17.3 Å². The van der Waals surface area contributed by atoms with Gasteiger partial charge in [-0.25, -0.2) is 21.6 Å². The van der Waals surface area contributed by atoms with Gasteiger partial charge in [0, 0.05) is 10.5 Å². The molecule has 1 heterocycles. The number of nitrogens with one attached hydrogen (secondary N) is 1. The van der Waals surface area contributed by atoms with Gasteiger partial charge < -0.3 is 5.73 Å². The zero-order chi connectivity index (χ0) is 15.0. The number of rotatable bonds is 3. The van der Waals surface area contributed by atoms with E-state index in [2.05, 4.69) is 20.7 Å². The minimum Gasteiger partial charge on any atom is -0.398 e. The lowest BCUT2D eigenvalue weighted by Gasteiger charge is -2.23. The second kappa shape index (κ2) is 5.63. The summed E-state index contributed by atoms with van der Waals surface area (Å²) in [6.45, 7) is 0. The molecule has 9 heteroatoms. The Morgan fingerprint density at radius 1 is 1.35 bits per heavy atom. The molecular formula is C11H15BrN2O4S2. The van der Waals surface area contributed by atoms with Crippen molar-refractivity contribution in [2.75, 3.05) is 17.2 Å². The molecule has 20 heavy (non-hydrogen) atoms. The highest BCUT2D eigenvalue weighted by Gasteiger charge is 2.29. The third-order valence-electron chi connectivity index (χ3n) is 3.05. The second-order valence-corrected chi connectivity index (χ2v) is 9.58. The number of nitrogen functional groups attached to an aromatic ring is 1. The van der Waals surface area contributed by atoms with E-state index in [1.807, 2.05) is 0 Å². The van der Waals surface area contributed by atoms with Crippen LogP contribution in [0.5, 0.6) is 0 Å². The smallest absolute Gasteiger partial charge is 0.242 e. The number of halogens is 1. The van der Waals surface area contributed by atoms with Gasteiger partial charge in [0.1, 0.15) is 4.90 Å². The lowest BCUT2D eigenvalue weighted by atomic mass is 10.2. The highest BCUT2D eigenvalue weighted by Crippen LogP contribution is 2.23. The molecule has 0 bridgehead atoms. The molecule has 1 saturated heterocycles. The van der Waals surface area contributed by atoms with Gasteiger partial charge in [-0.3, -0.25) is 0 Å². The molecule has 1 aromatic carbocycles. The van der Waals surface area contributed by atoms with Crippen molar-refractivity contribution in [1.82, 2.24) is 4.72 Å². The van der Waals surface area contributed by atoms with E-state index in [0.717, 1.165) is 0 Å². The molecule has 0 aliphatic carbocycles. The maximum atomic E-state index is 12.2. The third kappa shape index (κ3) is 3.72.